The molecule has 1 fully saturated rings. The van der Waals surface area contributed by atoms with E-state index in [9.17, 15) is 9.59 Å². The van der Waals surface area contributed by atoms with Gasteiger partial charge in [0.05, 0.1) is 17.6 Å². The molecule has 0 saturated carbocycles. The number of anilines is 1. The van der Waals surface area contributed by atoms with Crippen molar-refractivity contribution in [1.29, 1.82) is 0 Å². The molecule has 156 valence electrons. The molecule has 0 atom stereocenters. The van der Waals surface area contributed by atoms with Crippen LogP contribution in [0.1, 0.15) is 46.4 Å². The molecule has 1 aliphatic rings. The summed E-state index contributed by atoms with van der Waals surface area (Å²) in [4.78, 5) is 32.0. The maximum Gasteiger partial charge on any atom is 0.341 e. The van der Waals surface area contributed by atoms with Crippen molar-refractivity contribution in [2.24, 2.45) is 0 Å². The number of rotatable bonds is 6. The maximum atomic E-state index is 12.9. The third-order valence-corrected chi connectivity index (χ3v) is 6.66. The number of carbonyl (C=O) groups excluding carboxylic acids is 2. The number of likely N-dealkylation sites (N-methyl/N-ethyl adjacent to an activating group) is 1. The lowest BCUT2D eigenvalue weighted by atomic mass is 10.1. The second kappa shape index (κ2) is 10.2. The number of piperazine rings is 1. The highest BCUT2D eigenvalue weighted by Crippen LogP contribution is 2.34. The average molecular weight is 427 g/mol. The van der Waals surface area contributed by atoms with E-state index in [0.29, 0.717) is 39.2 Å². The van der Waals surface area contributed by atoms with E-state index in [0.717, 1.165) is 32.7 Å². The zero-order valence-corrected chi connectivity index (χ0v) is 19.0. The van der Waals surface area contributed by atoms with Gasteiger partial charge in [0.2, 0.25) is 0 Å². The number of methoxy groups -OCH3 is 1. The smallest absolute Gasteiger partial charge is 0.341 e. The molecule has 1 aliphatic heterocycles. The van der Waals surface area contributed by atoms with E-state index in [1.165, 1.54) is 18.4 Å². The summed E-state index contributed by atoms with van der Waals surface area (Å²) in [7, 11) is 1.34. The molecule has 7 nitrogen and oxygen atoms in total. The summed E-state index contributed by atoms with van der Waals surface area (Å²) in [6, 6.07) is 0. The molecule has 2 rings (SSSR count). The Morgan fingerprint density at radius 2 is 1.79 bits per heavy atom. The molecule has 0 radical (unpaired) electrons. The van der Waals surface area contributed by atoms with E-state index in [4.69, 9.17) is 17.0 Å². The quantitative estimate of drug-likeness (QED) is 0.554. The van der Waals surface area contributed by atoms with Crippen molar-refractivity contribution >= 4 is 45.5 Å². The van der Waals surface area contributed by atoms with Gasteiger partial charge in [-0.15, -0.1) is 11.3 Å². The molecule has 1 aromatic heterocycles. The van der Waals surface area contributed by atoms with Crippen LogP contribution >= 0.6 is 23.6 Å². The zero-order chi connectivity index (χ0) is 20.8. The molecule has 0 aliphatic carbocycles. The predicted octanol–water partition coefficient (Wildman–Crippen LogP) is 2.66. The molecule has 28 heavy (non-hydrogen) atoms. The molecule has 9 heteroatoms. The van der Waals surface area contributed by atoms with Crippen molar-refractivity contribution in [2.45, 2.75) is 27.7 Å². The Kier molecular flexibility index (Phi) is 8.21. The van der Waals surface area contributed by atoms with Crippen LogP contribution in [0.2, 0.25) is 0 Å². The molecule has 0 spiro atoms. The number of ether oxygens (including phenoxy) is 1. The largest absolute Gasteiger partial charge is 0.465 e. The lowest BCUT2D eigenvalue weighted by Crippen LogP contribution is -2.49. The van der Waals surface area contributed by atoms with Crippen molar-refractivity contribution in [2.75, 3.05) is 58.2 Å². The minimum Gasteiger partial charge on any atom is -0.465 e. The number of esters is 1. The van der Waals surface area contributed by atoms with Gasteiger partial charge in [0, 0.05) is 39.3 Å². The van der Waals surface area contributed by atoms with Gasteiger partial charge in [0.15, 0.2) is 5.11 Å². The first-order chi connectivity index (χ1) is 13.4. The summed E-state index contributed by atoms with van der Waals surface area (Å²) >= 11 is 6.85. The van der Waals surface area contributed by atoms with Crippen LogP contribution in [-0.2, 0) is 4.74 Å². The highest BCUT2D eigenvalue weighted by atomic mass is 32.1. The van der Waals surface area contributed by atoms with Crippen molar-refractivity contribution in [3.05, 3.63) is 16.0 Å². The van der Waals surface area contributed by atoms with Crippen molar-refractivity contribution in [3.8, 4) is 0 Å². The second-order valence-electron chi connectivity index (χ2n) is 6.58. The average Bonchev–Trinajstić information content (AvgIpc) is 3.03. The van der Waals surface area contributed by atoms with Crippen LogP contribution in [0.15, 0.2) is 0 Å². The van der Waals surface area contributed by atoms with Crippen molar-refractivity contribution in [3.63, 3.8) is 0 Å². The second-order valence-corrected chi connectivity index (χ2v) is 7.99. The van der Waals surface area contributed by atoms with Gasteiger partial charge in [-0.3, -0.25) is 4.79 Å². The Morgan fingerprint density at radius 1 is 1.18 bits per heavy atom. The minimum absolute atomic E-state index is 0.0758. The SMILES string of the molecule is CCN1CCN(C(=S)Nc2sc(C(=O)N(CC)CC)c(C)c2C(=O)OC)CC1. The highest BCUT2D eigenvalue weighted by Gasteiger charge is 2.28. The number of thiophene rings is 1. The Bertz CT molecular complexity index is 723. The Morgan fingerprint density at radius 3 is 2.29 bits per heavy atom. The summed E-state index contributed by atoms with van der Waals surface area (Å²) in [6.07, 6.45) is 0. The fraction of sp³-hybridized carbons (Fsp3) is 0.632. The summed E-state index contributed by atoms with van der Waals surface area (Å²) in [5, 5.41) is 4.35. The van der Waals surface area contributed by atoms with E-state index in [1.807, 2.05) is 13.8 Å². The number of hydrogen-bond donors (Lipinski definition) is 1. The zero-order valence-electron chi connectivity index (χ0n) is 17.3. The monoisotopic (exact) mass is 426 g/mol. The van der Waals surface area contributed by atoms with Crippen LogP contribution in [0, 0.1) is 6.92 Å². The number of amides is 1. The molecule has 1 saturated heterocycles. The summed E-state index contributed by atoms with van der Waals surface area (Å²) < 4.78 is 4.96. The van der Waals surface area contributed by atoms with Crippen LogP contribution in [0.5, 0.6) is 0 Å². The first-order valence-corrected chi connectivity index (χ1v) is 10.9. The van der Waals surface area contributed by atoms with E-state index in [2.05, 4.69) is 22.0 Å². The van der Waals surface area contributed by atoms with Crippen LogP contribution in [-0.4, -0.2) is 84.6 Å². The van der Waals surface area contributed by atoms with E-state index in [-0.39, 0.29) is 5.91 Å². The fourth-order valence-electron chi connectivity index (χ4n) is 3.25. The third kappa shape index (κ3) is 4.82. The van der Waals surface area contributed by atoms with Gasteiger partial charge < -0.3 is 24.8 Å². The van der Waals surface area contributed by atoms with Crippen LogP contribution in [0.25, 0.3) is 0 Å². The standard InChI is InChI=1S/C19H30N4O3S2/c1-6-21-9-11-23(12-10-21)19(27)20-16-14(18(25)26-5)13(4)15(28-16)17(24)22(7-2)8-3/h6-12H2,1-5H3,(H,20,27). The number of nitrogens with zero attached hydrogens (tertiary/aromatic N) is 3. The van der Waals surface area contributed by atoms with Crippen molar-refractivity contribution in [1.82, 2.24) is 14.7 Å². The molecular formula is C19H30N4O3S2. The summed E-state index contributed by atoms with van der Waals surface area (Å²) in [5.41, 5.74) is 1.02. The van der Waals surface area contributed by atoms with Crippen LogP contribution in [0.3, 0.4) is 0 Å². The summed E-state index contributed by atoms with van der Waals surface area (Å²) in [6.45, 7) is 13.7. The maximum absolute atomic E-state index is 12.9. The van der Waals surface area contributed by atoms with Crippen LogP contribution in [0.4, 0.5) is 5.00 Å². The number of hydrogen-bond acceptors (Lipinski definition) is 6. The van der Waals surface area contributed by atoms with Gasteiger partial charge in [-0.25, -0.2) is 4.79 Å². The molecule has 2 heterocycles. The third-order valence-electron chi connectivity index (χ3n) is 5.11. The predicted molar refractivity (Wildman–Crippen MR) is 118 cm³/mol. The molecule has 1 aromatic rings. The van der Waals surface area contributed by atoms with Crippen molar-refractivity contribution < 1.29 is 14.3 Å². The Balaban J connectivity index is 2.27. The van der Waals surface area contributed by atoms with Gasteiger partial charge >= 0.3 is 5.97 Å². The van der Waals surface area contributed by atoms with E-state index >= 15 is 0 Å². The highest BCUT2D eigenvalue weighted by molar-refractivity contribution is 7.80. The molecule has 0 unspecified atom stereocenters. The molecule has 0 aromatic carbocycles. The first kappa shape index (κ1) is 22.6. The Hall–Kier alpha value is -1.71. The Labute approximate surface area is 176 Å². The van der Waals surface area contributed by atoms with Crippen LogP contribution < -0.4 is 5.32 Å². The lowest BCUT2D eigenvalue weighted by Gasteiger charge is -2.35. The van der Waals surface area contributed by atoms with Gasteiger partial charge in [-0.1, -0.05) is 6.92 Å². The van der Waals surface area contributed by atoms with E-state index in [1.54, 1.807) is 11.8 Å². The van der Waals surface area contributed by atoms with Gasteiger partial charge in [0.25, 0.3) is 5.91 Å². The number of thiocarbonyl (C=S) groups is 1. The number of carbonyl (C=O) groups is 2. The fourth-order valence-corrected chi connectivity index (χ4v) is 4.76. The molecular weight excluding hydrogens is 396 g/mol. The van der Waals surface area contributed by atoms with Gasteiger partial charge in [-0.05, 0) is 45.1 Å². The minimum atomic E-state index is -0.464. The molecule has 0 bridgehead atoms. The molecule has 1 amide bonds. The topological polar surface area (TPSA) is 65.1 Å². The molecule has 1 N–H and O–H groups in total. The summed E-state index contributed by atoms with van der Waals surface area (Å²) in [5.74, 6) is -0.540. The van der Waals surface area contributed by atoms with Gasteiger partial charge in [-0.2, -0.15) is 0 Å². The van der Waals surface area contributed by atoms with E-state index < -0.39 is 5.97 Å². The van der Waals surface area contributed by atoms with Gasteiger partial charge in [0.1, 0.15) is 5.00 Å². The number of nitrogens with one attached hydrogen (secondary N) is 1. The lowest BCUT2D eigenvalue weighted by molar-refractivity contribution is 0.0601. The first-order valence-electron chi connectivity index (χ1n) is 9.67. The normalized spacial score (nSPS) is 14.7.